The lowest BCUT2D eigenvalue weighted by Crippen LogP contribution is -2.53. The van der Waals surface area contributed by atoms with Gasteiger partial charge in [-0.2, -0.15) is 0 Å². The summed E-state index contributed by atoms with van der Waals surface area (Å²) in [7, 11) is -4.01. The van der Waals surface area contributed by atoms with E-state index < -0.39 is 33.4 Å². The van der Waals surface area contributed by atoms with Crippen LogP contribution in [0, 0.1) is 10.1 Å². The van der Waals surface area contributed by atoms with Crippen LogP contribution < -0.4 is 9.62 Å². The topological polar surface area (TPSA) is 130 Å². The fourth-order valence-electron chi connectivity index (χ4n) is 3.49. The number of hydrogen-bond acceptors (Lipinski definition) is 6. The van der Waals surface area contributed by atoms with Crippen molar-refractivity contribution in [2.45, 2.75) is 45.8 Å². The Bertz CT molecular complexity index is 1190. The van der Waals surface area contributed by atoms with Crippen molar-refractivity contribution in [1.82, 2.24) is 10.2 Å². The summed E-state index contributed by atoms with van der Waals surface area (Å²) < 4.78 is 26.0. The number of nitro benzene ring substituents is 1. The van der Waals surface area contributed by atoms with Gasteiger partial charge < -0.3 is 10.2 Å². The minimum Gasteiger partial charge on any atom is -0.352 e. The number of hydrogen-bond donors (Lipinski definition) is 1. The van der Waals surface area contributed by atoms with Crippen molar-refractivity contribution >= 4 is 44.8 Å². The molecule has 0 unspecified atom stereocenters. The van der Waals surface area contributed by atoms with Crippen LogP contribution >= 0.6 is 11.6 Å². The van der Waals surface area contributed by atoms with Crippen LogP contribution in [0.2, 0.25) is 5.02 Å². The summed E-state index contributed by atoms with van der Waals surface area (Å²) in [5, 5.41) is 14.4. The maximum Gasteiger partial charge on any atom is 0.271 e. The third kappa shape index (κ3) is 7.66. The number of non-ortho nitro benzene ring substituents is 1. The van der Waals surface area contributed by atoms with E-state index in [1.165, 1.54) is 23.1 Å². The van der Waals surface area contributed by atoms with Gasteiger partial charge in [0.05, 0.1) is 16.9 Å². The molecule has 0 heterocycles. The molecule has 0 spiro atoms. The number of carbonyl (C=O) groups excluding carboxylic acids is 2. The van der Waals surface area contributed by atoms with Gasteiger partial charge in [-0.1, -0.05) is 42.8 Å². The Hall–Kier alpha value is -3.18. The number of carbonyl (C=O) groups is 2. The number of nitrogens with zero attached hydrogens (tertiary/aromatic N) is 3. The Morgan fingerprint density at radius 1 is 1.14 bits per heavy atom. The smallest absolute Gasteiger partial charge is 0.271 e. The molecule has 0 saturated carbocycles. The predicted octanol–water partition coefficient (Wildman–Crippen LogP) is 3.35. The van der Waals surface area contributed by atoms with Crippen molar-refractivity contribution in [3.8, 4) is 0 Å². The summed E-state index contributed by atoms with van der Waals surface area (Å²) in [4.78, 5) is 38.3. The van der Waals surface area contributed by atoms with Gasteiger partial charge in [0.15, 0.2) is 0 Å². The highest BCUT2D eigenvalue weighted by Gasteiger charge is 2.32. The molecule has 2 rings (SSSR count). The van der Waals surface area contributed by atoms with Gasteiger partial charge in [-0.3, -0.25) is 24.0 Å². The summed E-state index contributed by atoms with van der Waals surface area (Å²) in [5.74, 6) is -1.04. The van der Waals surface area contributed by atoms with E-state index >= 15 is 0 Å². The molecule has 190 valence electrons. The normalized spacial score (nSPS) is 12.2. The van der Waals surface area contributed by atoms with Gasteiger partial charge >= 0.3 is 0 Å². The minimum absolute atomic E-state index is 0.0327. The molecule has 2 amide bonds. The van der Waals surface area contributed by atoms with Crippen LogP contribution in [0.15, 0.2) is 48.5 Å². The second-order valence-electron chi connectivity index (χ2n) is 8.25. The van der Waals surface area contributed by atoms with Crippen LogP contribution in [0.1, 0.15) is 32.8 Å². The Morgan fingerprint density at radius 2 is 1.80 bits per heavy atom. The van der Waals surface area contributed by atoms with Gasteiger partial charge in [-0.15, -0.1) is 0 Å². The summed E-state index contributed by atoms with van der Waals surface area (Å²) in [5.41, 5.74) is 0.228. The van der Waals surface area contributed by atoms with Crippen LogP contribution in [0.5, 0.6) is 0 Å². The van der Waals surface area contributed by atoms with Crippen LogP contribution in [-0.2, 0) is 26.2 Å². The van der Waals surface area contributed by atoms with Crippen molar-refractivity contribution in [1.29, 1.82) is 0 Å². The highest BCUT2D eigenvalue weighted by Crippen LogP contribution is 2.25. The molecule has 2 aromatic carbocycles. The average Bonchev–Trinajstić information content (AvgIpc) is 2.77. The number of halogens is 1. The average molecular weight is 525 g/mol. The molecule has 0 saturated heterocycles. The van der Waals surface area contributed by atoms with Crippen LogP contribution in [0.4, 0.5) is 11.4 Å². The number of amides is 2. The highest BCUT2D eigenvalue weighted by atomic mass is 35.5. The molecule has 0 aliphatic carbocycles. The van der Waals surface area contributed by atoms with Gasteiger partial charge in [0.1, 0.15) is 12.6 Å². The standard InChI is InChI=1S/C23H29ClN4O6S/c1-5-21(23(30)25-16(2)3)26(14-17-9-6-7-12-20(17)24)22(29)15-27(35(4,33)34)18-10-8-11-19(13-18)28(31)32/h6-13,16,21H,5,14-15H2,1-4H3,(H,25,30)/t21-/m0/s1. The van der Waals surface area contributed by atoms with Crippen molar-refractivity contribution < 1.29 is 22.9 Å². The quantitative estimate of drug-likeness (QED) is 0.354. The molecular weight excluding hydrogens is 496 g/mol. The number of benzene rings is 2. The third-order valence-electron chi connectivity index (χ3n) is 5.12. The van der Waals surface area contributed by atoms with Crippen molar-refractivity contribution in [3.05, 3.63) is 69.2 Å². The fraction of sp³-hybridized carbons (Fsp3) is 0.391. The molecule has 0 fully saturated rings. The van der Waals surface area contributed by atoms with E-state index in [1.807, 2.05) is 0 Å². The zero-order chi connectivity index (χ0) is 26.3. The van der Waals surface area contributed by atoms with E-state index in [9.17, 15) is 28.1 Å². The molecule has 0 aromatic heterocycles. The fourth-order valence-corrected chi connectivity index (χ4v) is 4.52. The van der Waals surface area contributed by atoms with Crippen molar-refractivity contribution in [2.24, 2.45) is 0 Å². The minimum atomic E-state index is -4.01. The number of anilines is 1. The van der Waals surface area contributed by atoms with Gasteiger partial charge in [0, 0.05) is 29.7 Å². The Morgan fingerprint density at radius 3 is 2.34 bits per heavy atom. The van der Waals surface area contributed by atoms with E-state index in [0.717, 1.165) is 16.6 Å². The van der Waals surface area contributed by atoms with Crippen molar-refractivity contribution in [2.75, 3.05) is 17.1 Å². The van der Waals surface area contributed by atoms with E-state index in [2.05, 4.69) is 5.32 Å². The summed E-state index contributed by atoms with van der Waals surface area (Å²) >= 11 is 6.30. The third-order valence-corrected chi connectivity index (χ3v) is 6.63. The number of rotatable bonds is 11. The van der Waals surface area contributed by atoms with Crippen LogP contribution in [0.25, 0.3) is 0 Å². The maximum absolute atomic E-state index is 13.6. The van der Waals surface area contributed by atoms with Crippen molar-refractivity contribution in [3.63, 3.8) is 0 Å². The van der Waals surface area contributed by atoms with E-state index in [1.54, 1.807) is 45.0 Å². The molecule has 0 radical (unpaired) electrons. The summed E-state index contributed by atoms with van der Waals surface area (Å²) in [6, 6.07) is 10.8. The summed E-state index contributed by atoms with van der Waals surface area (Å²) in [6.07, 6.45) is 1.17. The first kappa shape index (κ1) is 28.1. The molecule has 1 N–H and O–H groups in total. The molecule has 35 heavy (non-hydrogen) atoms. The Balaban J connectivity index is 2.49. The van der Waals surface area contributed by atoms with E-state index in [-0.39, 0.29) is 36.3 Å². The largest absolute Gasteiger partial charge is 0.352 e. The number of nitrogens with one attached hydrogen (secondary N) is 1. The van der Waals surface area contributed by atoms with Gasteiger partial charge in [0.2, 0.25) is 21.8 Å². The van der Waals surface area contributed by atoms with E-state index in [0.29, 0.717) is 10.6 Å². The molecule has 2 aromatic rings. The molecule has 12 heteroatoms. The SMILES string of the molecule is CC[C@@H](C(=O)NC(C)C)N(Cc1ccccc1Cl)C(=O)CN(c1cccc([N+](=O)[O-])c1)S(C)(=O)=O. The Labute approximate surface area is 210 Å². The monoisotopic (exact) mass is 524 g/mol. The molecule has 1 atom stereocenters. The molecule has 0 aliphatic rings. The summed E-state index contributed by atoms with van der Waals surface area (Å²) in [6.45, 7) is 4.63. The van der Waals surface area contributed by atoms with Gasteiger partial charge in [0.25, 0.3) is 5.69 Å². The molecule has 10 nitrogen and oxygen atoms in total. The second-order valence-corrected chi connectivity index (χ2v) is 10.6. The van der Waals surface area contributed by atoms with Gasteiger partial charge in [-0.25, -0.2) is 8.42 Å². The lowest BCUT2D eigenvalue weighted by Gasteiger charge is -2.33. The van der Waals surface area contributed by atoms with Crippen LogP contribution in [-0.4, -0.2) is 54.9 Å². The predicted molar refractivity (Wildman–Crippen MR) is 135 cm³/mol. The first-order chi connectivity index (χ1) is 16.3. The second kappa shape index (κ2) is 12.0. The van der Waals surface area contributed by atoms with Crippen LogP contribution in [0.3, 0.4) is 0 Å². The highest BCUT2D eigenvalue weighted by molar-refractivity contribution is 7.92. The molecular formula is C23H29ClN4O6S. The molecule has 0 aliphatic heterocycles. The Kier molecular flexibility index (Phi) is 9.61. The number of nitro groups is 1. The lowest BCUT2D eigenvalue weighted by molar-refractivity contribution is -0.384. The first-order valence-electron chi connectivity index (χ1n) is 10.9. The van der Waals surface area contributed by atoms with E-state index in [4.69, 9.17) is 11.6 Å². The first-order valence-corrected chi connectivity index (χ1v) is 13.1. The zero-order valence-electron chi connectivity index (χ0n) is 20.0. The maximum atomic E-state index is 13.6. The number of sulfonamides is 1. The lowest BCUT2D eigenvalue weighted by atomic mass is 10.1. The zero-order valence-corrected chi connectivity index (χ0v) is 21.5. The molecule has 0 bridgehead atoms. The van der Waals surface area contributed by atoms with Gasteiger partial charge in [-0.05, 0) is 38.0 Å².